The van der Waals surface area contributed by atoms with Crippen molar-refractivity contribution < 1.29 is 33.7 Å². The van der Waals surface area contributed by atoms with E-state index >= 15 is 0 Å². The van der Waals surface area contributed by atoms with Gasteiger partial charge in [-0.25, -0.2) is 4.79 Å². The summed E-state index contributed by atoms with van der Waals surface area (Å²) in [6.45, 7) is 3.72. The van der Waals surface area contributed by atoms with Crippen molar-refractivity contribution in [3.05, 3.63) is 42.5 Å². The number of carboxylic acids is 1. The summed E-state index contributed by atoms with van der Waals surface area (Å²) in [5.74, 6) is -1.75. The summed E-state index contributed by atoms with van der Waals surface area (Å²) in [5, 5.41) is 8.43. The molecule has 0 heterocycles. The monoisotopic (exact) mass is 336 g/mol. The van der Waals surface area contributed by atoms with Crippen LogP contribution in [0.2, 0.25) is 0 Å². The fourth-order valence-electron chi connectivity index (χ4n) is 1.58. The highest BCUT2D eigenvalue weighted by Crippen LogP contribution is 2.08. The summed E-state index contributed by atoms with van der Waals surface area (Å²) < 4.78 is 15.1. The quantitative estimate of drug-likeness (QED) is 0.374. The molecule has 1 aromatic rings. The number of hydrogen-bond acceptors (Lipinski definition) is 6. The molecule has 0 aliphatic carbocycles. The number of hydrogen-bond donors (Lipinski definition) is 1. The Balaban J connectivity index is 2.11. The topological polar surface area (TPSA) is 99.1 Å². The van der Waals surface area contributed by atoms with Crippen molar-refractivity contribution in [2.24, 2.45) is 0 Å². The smallest absolute Gasteiger partial charge is 0.334 e. The van der Waals surface area contributed by atoms with Gasteiger partial charge in [-0.3, -0.25) is 9.59 Å². The molecule has 0 aliphatic rings. The Labute approximate surface area is 139 Å². The minimum Gasteiger partial charge on any atom is -0.493 e. The Morgan fingerprint density at radius 3 is 2.38 bits per heavy atom. The van der Waals surface area contributed by atoms with Crippen LogP contribution in [0.4, 0.5) is 0 Å². The van der Waals surface area contributed by atoms with E-state index in [0.29, 0.717) is 13.0 Å². The first-order valence-electron chi connectivity index (χ1n) is 7.39. The van der Waals surface area contributed by atoms with Crippen molar-refractivity contribution in [2.75, 3.05) is 19.8 Å². The lowest BCUT2D eigenvalue weighted by Gasteiger charge is -2.08. The Hall–Kier alpha value is -2.83. The van der Waals surface area contributed by atoms with Crippen LogP contribution in [0, 0.1) is 0 Å². The number of esters is 2. The first-order chi connectivity index (χ1) is 11.5. The van der Waals surface area contributed by atoms with Crippen LogP contribution in [0.1, 0.15) is 19.3 Å². The number of carbonyl (C=O) groups is 3. The van der Waals surface area contributed by atoms with E-state index in [2.05, 4.69) is 11.3 Å². The molecule has 1 N–H and O–H groups in total. The highest BCUT2D eigenvalue weighted by molar-refractivity contribution is 5.93. The van der Waals surface area contributed by atoms with Gasteiger partial charge >= 0.3 is 17.9 Å². The highest BCUT2D eigenvalue weighted by atomic mass is 16.5. The van der Waals surface area contributed by atoms with Gasteiger partial charge in [-0.15, -0.1) is 0 Å². The van der Waals surface area contributed by atoms with Crippen LogP contribution >= 0.6 is 0 Å². The van der Waals surface area contributed by atoms with Gasteiger partial charge in [0, 0.05) is 12.0 Å². The number of para-hydroxylation sites is 1. The summed E-state index contributed by atoms with van der Waals surface area (Å²) in [6, 6.07) is 9.25. The fourth-order valence-corrected chi connectivity index (χ4v) is 1.58. The fraction of sp³-hybridized carbons (Fsp3) is 0.353. The molecule has 0 spiro atoms. The number of rotatable bonds is 11. The lowest BCUT2D eigenvalue weighted by Crippen LogP contribution is -2.15. The third-order valence-corrected chi connectivity index (χ3v) is 2.76. The average Bonchev–Trinajstić information content (AvgIpc) is 2.55. The maximum absolute atomic E-state index is 11.5. The molecular formula is C17H20O7. The van der Waals surface area contributed by atoms with Gasteiger partial charge in [0.05, 0.1) is 26.1 Å². The number of aliphatic carboxylic acids is 1. The SMILES string of the molecule is C=C(CC(=O)OCCCOc1ccccc1)C(=O)OCCC(=O)O. The second kappa shape index (κ2) is 10.8. The van der Waals surface area contributed by atoms with Crippen molar-refractivity contribution in [1.82, 2.24) is 0 Å². The standard InChI is InChI=1S/C17H20O7/c1-13(17(21)24-11-8-15(18)19)12-16(20)23-10-5-9-22-14-6-3-2-4-7-14/h2-4,6-7H,1,5,8-12H2,(H,18,19). The van der Waals surface area contributed by atoms with Gasteiger partial charge in [-0.2, -0.15) is 0 Å². The van der Waals surface area contributed by atoms with Crippen LogP contribution in [-0.2, 0) is 23.9 Å². The van der Waals surface area contributed by atoms with E-state index in [1.54, 1.807) is 0 Å². The Morgan fingerprint density at radius 1 is 1.00 bits per heavy atom. The normalized spacial score (nSPS) is 9.83. The Bertz CT molecular complexity index is 566. The molecule has 1 aromatic carbocycles. The molecule has 130 valence electrons. The van der Waals surface area contributed by atoms with Crippen molar-refractivity contribution >= 4 is 17.9 Å². The number of benzene rings is 1. The van der Waals surface area contributed by atoms with Crippen LogP contribution in [0.25, 0.3) is 0 Å². The maximum atomic E-state index is 11.5. The summed E-state index contributed by atoms with van der Waals surface area (Å²) in [4.78, 5) is 33.3. The molecule has 7 nitrogen and oxygen atoms in total. The zero-order valence-corrected chi connectivity index (χ0v) is 13.2. The summed E-state index contributed by atoms with van der Waals surface area (Å²) in [7, 11) is 0. The van der Waals surface area contributed by atoms with Crippen molar-refractivity contribution in [1.29, 1.82) is 0 Å². The van der Waals surface area contributed by atoms with Gasteiger partial charge < -0.3 is 19.3 Å². The summed E-state index contributed by atoms with van der Waals surface area (Å²) >= 11 is 0. The van der Waals surface area contributed by atoms with E-state index in [0.717, 1.165) is 5.75 Å². The first-order valence-corrected chi connectivity index (χ1v) is 7.39. The third-order valence-electron chi connectivity index (χ3n) is 2.76. The molecule has 0 aliphatic heterocycles. The van der Waals surface area contributed by atoms with Crippen LogP contribution < -0.4 is 4.74 Å². The van der Waals surface area contributed by atoms with Crippen molar-refractivity contribution in [3.63, 3.8) is 0 Å². The third kappa shape index (κ3) is 8.57. The molecule has 1 rings (SSSR count). The molecule has 24 heavy (non-hydrogen) atoms. The molecule has 0 bridgehead atoms. The van der Waals surface area contributed by atoms with Gasteiger partial charge in [0.25, 0.3) is 0 Å². The maximum Gasteiger partial charge on any atom is 0.334 e. The van der Waals surface area contributed by atoms with Crippen LogP contribution in [0.15, 0.2) is 42.5 Å². The molecule has 0 atom stereocenters. The minimum atomic E-state index is -1.08. The second-order valence-electron chi connectivity index (χ2n) is 4.80. The van der Waals surface area contributed by atoms with Crippen molar-refractivity contribution in [3.8, 4) is 5.75 Å². The lowest BCUT2D eigenvalue weighted by atomic mass is 10.2. The van der Waals surface area contributed by atoms with E-state index in [9.17, 15) is 14.4 Å². The van der Waals surface area contributed by atoms with Gasteiger partial charge in [0.15, 0.2) is 0 Å². The highest BCUT2D eigenvalue weighted by Gasteiger charge is 2.14. The molecule has 7 heteroatoms. The largest absolute Gasteiger partial charge is 0.493 e. The van der Waals surface area contributed by atoms with Crippen LogP contribution in [0.3, 0.4) is 0 Å². The average molecular weight is 336 g/mol. The second-order valence-corrected chi connectivity index (χ2v) is 4.80. The predicted molar refractivity (Wildman–Crippen MR) is 84.5 cm³/mol. The first kappa shape index (κ1) is 19.2. The van der Waals surface area contributed by atoms with E-state index in [1.165, 1.54) is 0 Å². The summed E-state index contributed by atoms with van der Waals surface area (Å²) in [5.41, 5.74) is -0.0778. The number of carboxylic acid groups (broad SMARTS) is 1. The van der Waals surface area contributed by atoms with Gasteiger partial charge in [-0.05, 0) is 12.1 Å². The van der Waals surface area contributed by atoms with Gasteiger partial charge in [0.1, 0.15) is 12.4 Å². The zero-order valence-electron chi connectivity index (χ0n) is 13.2. The molecule has 0 amide bonds. The van der Waals surface area contributed by atoms with E-state index in [4.69, 9.17) is 14.6 Å². The minimum absolute atomic E-state index is 0.0778. The molecule has 0 saturated heterocycles. The molecular weight excluding hydrogens is 316 g/mol. The molecule has 0 unspecified atom stereocenters. The van der Waals surface area contributed by atoms with E-state index < -0.39 is 17.9 Å². The zero-order chi connectivity index (χ0) is 17.8. The lowest BCUT2D eigenvalue weighted by molar-refractivity contribution is -0.148. The van der Waals surface area contributed by atoms with Gasteiger partial charge in [-0.1, -0.05) is 24.8 Å². The number of carbonyl (C=O) groups excluding carboxylic acids is 2. The Morgan fingerprint density at radius 2 is 1.71 bits per heavy atom. The summed E-state index contributed by atoms with van der Waals surface area (Å²) in [6.07, 6.45) is -0.0908. The van der Waals surface area contributed by atoms with E-state index in [1.807, 2.05) is 30.3 Å². The molecule has 0 saturated carbocycles. The predicted octanol–water partition coefficient (Wildman–Crippen LogP) is 1.96. The molecule has 0 aromatic heterocycles. The van der Waals surface area contributed by atoms with Crippen molar-refractivity contribution in [2.45, 2.75) is 19.3 Å². The molecule has 0 fully saturated rings. The van der Waals surface area contributed by atoms with Gasteiger partial charge in [0.2, 0.25) is 0 Å². The molecule has 0 radical (unpaired) electrons. The number of ether oxygens (including phenoxy) is 3. The Kier molecular flexibility index (Phi) is 8.67. The van der Waals surface area contributed by atoms with Crippen LogP contribution in [-0.4, -0.2) is 42.8 Å². The van der Waals surface area contributed by atoms with E-state index in [-0.39, 0.29) is 31.6 Å². The van der Waals surface area contributed by atoms with Crippen LogP contribution in [0.5, 0.6) is 5.75 Å².